The Kier molecular flexibility index (Phi) is 4.86. The molecule has 0 spiro atoms. The van der Waals surface area contributed by atoms with E-state index in [4.69, 9.17) is 0 Å². The van der Waals surface area contributed by atoms with Crippen LogP contribution >= 0.6 is 22.6 Å². The molecule has 2 bridgehead atoms. The first-order valence-electron chi connectivity index (χ1n) is 6.62. The van der Waals surface area contributed by atoms with Gasteiger partial charge in [-0.3, -0.25) is 4.79 Å². The average Bonchev–Trinajstić information content (AvgIpc) is 2.84. The van der Waals surface area contributed by atoms with Crippen LogP contribution < -0.4 is 0 Å². The molecule has 0 aromatic rings. The second kappa shape index (κ2) is 6.18. The van der Waals surface area contributed by atoms with E-state index in [-0.39, 0.29) is 0 Å². The molecule has 0 amide bonds. The first-order chi connectivity index (χ1) is 7.75. The van der Waals surface area contributed by atoms with Gasteiger partial charge in [0.05, 0.1) is 0 Å². The predicted molar refractivity (Wildman–Crippen MR) is 75.6 cm³/mol. The molecule has 3 unspecified atom stereocenters. The number of carbonyl (C=O) groups excluding carboxylic acids is 1. The number of carbonyl (C=O) groups is 1. The van der Waals surface area contributed by atoms with Gasteiger partial charge < -0.3 is 0 Å². The summed E-state index contributed by atoms with van der Waals surface area (Å²) in [5.74, 6) is 2.83. The van der Waals surface area contributed by atoms with E-state index in [0.717, 1.165) is 30.6 Å². The molecule has 2 rings (SSSR count). The summed E-state index contributed by atoms with van der Waals surface area (Å²) in [5.41, 5.74) is 0. The third-order valence-corrected chi connectivity index (χ3v) is 4.65. The molecular formula is C14H21IO. The maximum absolute atomic E-state index is 10.8. The van der Waals surface area contributed by atoms with Gasteiger partial charge in [0.25, 0.3) is 0 Å². The number of halogens is 1. The van der Waals surface area contributed by atoms with Crippen LogP contribution in [-0.2, 0) is 4.79 Å². The third-order valence-electron chi connectivity index (χ3n) is 4.11. The second-order valence-electron chi connectivity index (χ2n) is 5.35. The first kappa shape index (κ1) is 12.6. The summed E-state index contributed by atoms with van der Waals surface area (Å²) in [6, 6.07) is 0. The molecule has 0 aromatic heterocycles. The summed E-state index contributed by atoms with van der Waals surface area (Å²) >= 11 is 1.90. The zero-order chi connectivity index (χ0) is 11.4. The molecule has 90 valence electrons. The minimum atomic E-state index is 0.316. The molecule has 0 aliphatic heterocycles. The molecule has 1 fully saturated rings. The lowest BCUT2D eigenvalue weighted by atomic mass is 9.88. The van der Waals surface area contributed by atoms with Gasteiger partial charge in [0.2, 0.25) is 0 Å². The van der Waals surface area contributed by atoms with E-state index < -0.39 is 0 Å². The van der Waals surface area contributed by atoms with Crippen LogP contribution in [0.4, 0.5) is 0 Å². The highest BCUT2D eigenvalue weighted by Crippen LogP contribution is 2.45. The maximum atomic E-state index is 10.8. The summed E-state index contributed by atoms with van der Waals surface area (Å²) in [6.45, 7) is 0. The Bertz CT molecular complexity index is 272. The van der Waals surface area contributed by atoms with Crippen molar-refractivity contribution in [2.75, 3.05) is 0 Å². The number of hydrogen-bond donors (Lipinski definition) is 0. The summed E-state index contributed by atoms with van der Waals surface area (Å²) < 4.78 is 0.316. The zero-order valence-corrected chi connectivity index (χ0v) is 12.0. The van der Waals surface area contributed by atoms with Gasteiger partial charge in [0.15, 0.2) is 3.79 Å². The highest BCUT2D eigenvalue weighted by Gasteiger charge is 2.34. The third kappa shape index (κ3) is 3.57. The number of rotatable bonds is 7. The molecule has 2 aliphatic rings. The van der Waals surface area contributed by atoms with Crippen LogP contribution in [0, 0.1) is 17.8 Å². The Balaban J connectivity index is 1.49. The molecule has 0 heterocycles. The predicted octanol–water partition coefficient (Wildman–Crippen LogP) is 4.50. The molecule has 16 heavy (non-hydrogen) atoms. The lowest BCUT2D eigenvalue weighted by molar-refractivity contribution is -0.109. The standard InChI is InChI=1S/C14H21IO/c15-14(16)6-4-2-1-3-5-12-9-11-7-8-13(12)10-11/h7-8,11-13H,1-6,9-10H2. The fourth-order valence-corrected chi connectivity index (χ4v) is 3.63. The van der Waals surface area contributed by atoms with E-state index in [9.17, 15) is 4.79 Å². The van der Waals surface area contributed by atoms with Gasteiger partial charge in [0.1, 0.15) is 0 Å². The van der Waals surface area contributed by atoms with E-state index in [1.54, 1.807) is 0 Å². The number of allylic oxidation sites excluding steroid dienone is 2. The quantitative estimate of drug-likeness (QED) is 0.290. The van der Waals surface area contributed by atoms with Gasteiger partial charge in [-0.2, -0.15) is 0 Å². The van der Waals surface area contributed by atoms with Crippen LogP contribution in [0.3, 0.4) is 0 Å². The monoisotopic (exact) mass is 332 g/mol. The van der Waals surface area contributed by atoms with Crippen molar-refractivity contribution in [1.29, 1.82) is 0 Å². The average molecular weight is 332 g/mol. The van der Waals surface area contributed by atoms with Crippen LogP contribution in [0.15, 0.2) is 12.2 Å². The first-order valence-corrected chi connectivity index (χ1v) is 7.70. The molecule has 3 atom stereocenters. The van der Waals surface area contributed by atoms with E-state index in [0.29, 0.717) is 3.79 Å². The lowest BCUT2D eigenvalue weighted by Gasteiger charge is -2.17. The summed E-state index contributed by atoms with van der Waals surface area (Å²) in [5, 5.41) is 0. The van der Waals surface area contributed by atoms with Gasteiger partial charge in [-0.1, -0.05) is 31.4 Å². The Hall–Kier alpha value is 0.140. The maximum Gasteiger partial charge on any atom is 0.192 e. The molecule has 0 N–H and O–H groups in total. The largest absolute Gasteiger partial charge is 0.288 e. The second-order valence-corrected chi connectivity index (χ2v) is 6.55. The van der Waals surface area contributed by atoms with Crippen LogP contribution in [0.2, 0.25) is 0 Å². The highest BCUT2D eigenvalue weighted by atomic mass is 127. The van der Waals surface area contributed by atoms with E-state index >= 15 is 0 Å². The van der Waals surface area contributed by atoms with Crippen molar-refractivity contribution in [3.63, 3.8) is 0 Å². The van der Waals surface area contributed by atoms with Gasteiger partial charge in [0, 0.05) is 6.42 Å². The SMILES string of the molecule is O=C(I)CCCCCCC1CC2C=CC1C2. The Morgan fingerprint density at radius 1 is 1.12 bits per heavy atom. The van der Waals surface area contributed by atoms with E-state index in [2.05, 4.69) is 12.2 Å². The Labute approximate surface area is 112 Å². The Morgan fingerprint density at radius 2 is 1.94 bits per heavy atom. The zero-order valence-electron chi connectivity index (χ0n) is 9.83. The summed E-state index contributed by atoms with van der Waals surface area (Å²) in [4.78, 5) is 10.8. The number of fused-ring (bicyclic) bond motifs is 2. The van der Waals surface area contributed by atoms with Crippen LogP contribution in [-0.4, -0.2) is 3.79 Å². The number of hydrogen-bond acceptors (Lipinski definition) is 1. The molecule has 0 saturated heterocycles. The molecule has 2 heteroatoms. The van der Waals surface area contributed by atoms with E-state index in [1.807, 2.05) is 22.6 Å². The van der Waals surface area contributed by atoms with Crippen molar-refractivity contribution < 1.29 is 4.79 Å². The molecule has 0 radical (unpaired) electrons. The van der Waals surface area contributed by atoms with Crippen molar-refractivity contribution in [2.45, 2.75) is 51.4 Å². The molecule has 1 saturated carbocycles. The molecule has 2 aliphatic carbocycles. The molecular weight excluding hydrogens is 311 g/mol. The molecule has 1 nitrogen and oxygen atoms in total. The summed E-state index contributed by atoms with van der Waals surface area (Å²) in [7, 11) is 0. The Morgan fingerprint density at radius 3 is 2.56 bits per heavy atom. The van der Waals surface area contributed by atoms with Crippen LogP contribution in [0.1, 0.15) is 51.4 Å². The van der Waals surface area contributed by atoms with Crippen LogP contribution in [0.5, 0.6) is 0 Å². The van der Waals surface area contributed by atoms with Gasteiger partial charge >= 0.3 is 0 Å². The van der Waals surface area contributed by atoms with Crippen molar-refractivity contribution in [3.05, 3.63) is 12.2 Å². The lowest BCUT2D eigenvalue weighted by Crippen LogP contribution is -2.06. The van der Waals surface area contributed by atoms with Crippen molar-refractivity contribution >= 4 is 26.4 Å². The molecule has 0 aromatic carbocycles. The van der Waals surface area contributed by atoms with Gasteiger partial charge in [-0.05, 0) is 66.0 Å². The van der Waals surface area contributed by atoms with Crippen molar-refractivity contribution in [2.24, 2.45) is 17.8 Å². The highest BCUT2D eigenvalue weighted by molar-refractivity contribution is 14.1. The topological polar surface area (TPSA) is 17.1 Å². The smallest absolute Gasteiger partial charge is 0.192 e. The van der Waals surface area contributed by atoms with Crippen LogP contribution in [0.25, 0.3) is 0 Å². The fourth-order valence-electron chi connectivity index (χ4n) is 3.25. The summed E-state index contributed by atoms with van der Waals surface area (Å²) in [6.07, 6.45) is 15.0. The van der Waals surface area contributed by atoms with Gasteiger partial charge in [-0.25, -0.2) is 0 Å². The van der Waals surface area contributed by atoms with E-state index in [1.165, 1.54) is 38.5 Å². The fraction of sp³-hybridized carbons (Fsp3) is 0.786. The minimum Gasteiger partial charge on any atom is -0.288 e. The van der Waals surface area contributed by atoms with Crippen molar-refractivity contribution in [3.8, 4) is 0 Å². The number of unbranched alkanes of at least 4 members (excludes halogenated alkanes) is 3. The minimum absolute atomic E-state index is 0.316. The normalized spacial score (nSPS) is 31.2. The van der Waals surface area contributed by atoms with Gasteiger partial charge in [-0.15, -0.1) is 0 Å². The van der Waals surface area contributed by atoms with Crippen molar-refractivity contribution in [1.82, 2.24) is 0 Å².